The van der Waals surface area contributed by atoms with Gasteiger partial charge < -0.3 is 15.7 Å². The summed E-state index contributed by atoms with van der Waals surface area (Å²) in [6.07, 6.45) is 0.832. The van der Waals surface area contributed by atoms with Crippen molar-refractivity contribution >= 4 is 29.1 Å². The first-order valence-electron chi connectivity index (χ1n) is 7.93. The Morgan fingerprint density at radius 2 is 1.88 bits per heavy atom. The molecule has 7 heteroatoms. The minimum atomic E-state index is -1.07. The molecule has 0 saturated carbocycles. The van der Waals surface area contributed by atoms with Crippen molar-refractivity contribution in [2.24, 2.45) is 0 Å². The van der Waals surface area contributed by atoms with Crippen molar-refractivity contribution in [1.82, 2.24) is 10.6 Å². The molecule has 0 aliphatic heterocycles. The van der Waals surface area contributed by atoms with Crippen LogP contribution in [0.1, 0.15) is 28.8 Å². The van der Waals surface area contributed by atoms with Crippen molar-refractivity contribution in [1.29, 1.82) is 0 Å². The van der Waals surface area contributed by atoms with Gasteiger partial charge in [-0.3, -0.25) is 9.59 Å². The lowest BCUT2D eigenvalue weighted by atomic mass is 10.1. The van der Waals surface area contributed by atoms with Gasteiger partial charge in [-0.1, -0.05) is 30.3 Å². The highest BCUT2D eigenvalue weighted by Crippen LogP contribution is 2.06. The van der Waals surface area contributed by atoms with Crippen molar-refractivity contribution in [2.75, 3.05) is 6.54 Å². The number of aliphatic carboxylic acids is 1. The molecule has 3 N–H and O–H groups in total. The van der Waals surface area contributed by atoms with Gasteiger partial charge in [-0.15, -0.1) is 0 Å². The Kier molecular flexibility index (Phi) is 7.16. The summed E-state index contributed by atoms with van der Waals surface area (Å²) >= 11 is 1.44. The smallest absolute Gasteiger partial charge is 0.326 e. The Hall–Kier alpha value is -2.67. The minimum absolute atomic E-state index is 0.155. The molecule has 1 atom stereocenters. The summed E-state index contributed by atoms with van der Waals surface area (Å²) in [7, 11) is 0. The van der Waals surface area contributed by atoms with Gasteiger partial charge in [0.1, 0.15) is 6.04 Å². The van der Waals surface area contributed by atoms with E-state index in [0.29, 0.717) is 18.5 Å². The number of nitrogens with one attached hydrogen (secondary N) is 2. The summed E-state index contributed by atoms with van der Waals surface area (Å²) in [5, 5.41) is 18.1. The summed E-state index contributed by atoms with van der Waals surface area (Å²) in [5.41, 5.74) is 1.45. The number of thiophene rings is 1. The molecule has 0 aliphatic rings. The molecule has 0 radical (unpaired) electrons. The number of carbonyl (C=O) groups is 3. The predicted octanol–water partition coefficient (Wildman–Crippen LogP) is 2.07. The van der Waals surface area contributed by atoms with Gasteiger partial charge >= 0.3 is 5.97 Å². The van der Waals surface area contributed by atoms with E-state index in [1.807, 2.05) is 35.7 Å². The lowest BCUT2D eigenvalue weighted by molar-refractivity contribution is -0.141. The van der Waals surface area contributed by atoms with E-state index in [2.05, 4.69) is 10.6 Å². The third-order valence-corrected chi connectivity index (χ3v) is 4.25. The van der Waals surface area contributed by atoms with Gasteiger partial charge in [0, 0.05) is 30.3 Å². The molecule has 1 aromatic heterocycles. The number of carbonyl (C=O) groups excluding carboxylic acids is 2. The Labute approximate surface area is 149 Å². The Bertz CT molecular complexity index is 701. The summed E-state index contributed by atoms with van der Waals surface area (Å²) < 4.78 is 0. The first-order chi connectivity index (χ1) is 12.1. The fourth-order valence-corrected chi connectivity index (χ4v) is 2.90. The summed E-state index contributed by atoms with van der Waals surface area (Å²) in [6, 6.07) is 9.91. The second kappa shape index (κ2) is 9.58. The zero-order chi connectivity index (χ0) is 18.1. The second-order valence-corrected chi connectivity index (χ2v) is 6.30. The molecule has 1 heterocycles. The largest absolute Gasteiger partial charge is 0.480 e. The van der Waals surface area contributed by atoms with E-state index in [0.717, 1.165) is 5.56 Å². The standard InChI is InChI=1S/C18H20N2O4S/c21-16(7-4-9-19-17(22)14-8-10-25-12-14)20-15(18(23)24)11-13-5-2-1-3-6-13/h1-3,5-6,8,10,12,15H,4,7,9,11H2,(H,19,22)(H,20,21)(H,23,24)/t15-/m1/s1. The molecule has 0 spiro atoms. The second-order valence-electron chi connectivity index (χ2n) is 5.52. The number of carboxylic acid groups (broad SMARTS) is 1. The highest BCUT2D eigenvalue weighted by atomic mass is 32.1. The highest BCUT2D eigenvalue weighted by Gasteiger charge is 2.20. The van der Waals surface area contributed by atoms with Gasteiger partial charge in [0.2, 0.25) is 5.91 Å². The molecule has 0 fully saturated rings. The van der Waals surface area contributed by atoms with Crippen LogP contribution in [0.5, 0.6) is 0 Å². The van der Waals surface area contributed by atoms with Crippen LogP contribution >= 0.6 is 11.3 Å². The Morgan fingerprint density at radius 3 is 2.52 bits per heavy atom. The molecular formula is C18H20N2O4S. The van der Waals surface area contributed by atoms with Crippen LogP contribution in [0.4, 0.5) is 0 Å². The van der Waals surface area contributed by atoms with E-state index in [1.165, 1.54) is 11.3 Å². The third kappa shape index (κ3) is 6.39. The molecule has 25 heavy (non-hydrogen) atoms. The topological polar surface area (TPSA) is 95.5 Å². The van der Waals surface area contributed by atoms with Crippen molar-refractivity contribution in [3.63, 3.8) is 0 Å². The van der Waals surface area contributed by atoms with Crippen LogP contribution in [0.15, 0.2) is 47.2 Å². The Morgan fingerprint density at radius 1 is 1.12 bits per heavy atom. The number of carboxylic acids is 1. The van der Waals surface area contributed by atoms with E-state index < -0.39 is 12.0 Å². The highest BCUT2D eigenvalue weighted by molar-refractivity contribution is 7.08. The number of hydrogen-bond acceptors (Lipinski definition) is 4. The van der Waals surface area contributed by atoms with Gasteiger partial charge in [-0.2, -0.15) is 11.3 Å². The van der Waals surface area contributed by atoms with Crippen molar-refractivity contribution < 1.29 is 19.5 Å². The molecule has 2 amide bonds. The third-order valence-electron chi connectivity index (χ3n) is 3.57. The molecule has 2 rings (SSSR count). The lowest BCUT2D eigenvalue weighted by Gasteiger charge is -2.14. The molecule has 0 saturated heterocycles. The van der Waals surface area contributed by atoms with E-state index in [4.69, 9.17) is 0 Å². The fraction of sp³-hybridized carbons (Fsp3) is 0.278. The van der Waals surface area contributed by atoms with Crippen molar-refractivity contribution in [2.45, 2.75) is 25.3 Å². The van der Waals surface area contributed by atoms with Gasteiger partial charge in [-0.25, -0.2) is 4.79 Å². The number of amides is 2. The molecular weight excluding hydrogens is 340 g/mol. The molecule has 2 aromatic rings. The van der Waals surface area contributed by atoms with Gasteiger partial charge in [0.15, 0.2) is 0 Å². The molecule has 0 unspecified atom stereocenters. The van der Waals surface area contributed by atoms with E-state index in [9.17, 15) is 19.5 Å². The normalized spacial score (nSPS) is 11.5. The quantitative estimate of drug-likeness (QED) is 0.597. The summed E-state index contributed by atoms with van der Waals surface area (Å²) in [6.45, 7) is 0.360. The van der Waals surface area contributed by atoms with Crippen LogP contribution < -0.4 is 10.6 Å². The molecule has 132 valence electrons. The average Bonchev–Trinajstić information content (AvgIpc) is 3.13. The maximum atomic E-state index is 11.9. The zero-order valence-electron chi connectivity index (χ0n) is 13.6. The maximum Gasteiger partial charge on any atom is 0.326 e. The molecule has 1 aromatic carbocycles. The predicted molar refractivity (Wildman–Crippen MR) is 95.6 cm³/mol. The first kappa shape index (κ1) is 18.7. The van der Waals surface area contributed by atoms with Crippen LogP contribution in [0.3, 0.4) is 0 Å². The monoisotopic (exact) mass is 360 g/mol. The first-order valence-corrected chi connectivity index (χ1v) is 8.87. The van der Waals surface area contributed by atoms with E-state index in [1.54, 1.807) is 11.4 Å². The lowest BCUT2D eigenvalue weighted by Crippen LogP contribution is -2.42. The SMILES string of the molecule is O=C(CCCNC(=O)c1ccsc1)N[C@H](Cc1ccccc1)C(=O)O. The molecule has 0 bridgehead atoms. The molecule has 6 nitrogen and oxygen atoms in total. The number of rotatable bonds is 9. The summed E-state index contributed by atoms with van der Waals surface area (Å²) in [4.78, 5) is 35.0. The Balaban J connectivity index is 1.72. The number of hydrogen-bond donors (Lipinski definition) is 3. The maximum absolute atomic E-state index is 11.9. The van der Waals surface area contributed by atoms with Crippen LogP contribution in [0.2, 0.25) is 0 Å². The number of benzene rings is 1. The van der Waals surface area contributed by atoms with Crippen molar-refractivity contribution in [3.8, 4) is 0 Å². The van der Waals surface area contributed by atoms with Gasteiger partial charge in [0.25, 0.3) is 5.91 Å². The zero-order valence-corrected chi connectivity index (χ0v) is 14.4. The van der Waals surface area contributed by atoms with Crippen LogP contribution in [-0.4, -0.2) is 35.5 Å². The van der Waals surface area contributed by atoms with Crippen LogP contribution in [0, 0.1) is 0 Å². The van der Waals surface area contributed by atoms with Gasteiger partial charge in [-0.05, 0) is 23.4 Å². The molecule has 0 aliphatic carbocycles. The van der Waals surface area contributed by atoms with Crippen LogP contribution in [-0.2, 0) is 16.0 Å². The van der Waals surface area contributed by atoms with E-state index in [-0.39, 0.29) is 24.7 Å². The average molecular weight is 360 g/mol. The summed E-state index contributed by atoms with van der Waals surface area (Å²) in [5.74, 6) is -1.58. The van der Waals surface area contributed by atoms with Crippen LogP contribution in [0.25, 0.3) is 0 Å². The van der Waals surface area contributed by atoms with E-state index >= 15 is 0 Å². The minimum Gasteiger partial charge on any atom is -0.480 e. The fourth-order valence-electron chi connectivity index (χ4n) is 2.26. The van der Waals surface area contributed by atoms with Gasteiger partial charge in [0.05, 0.1) is 0 Å². The van der Waals surface area contributed by atoms with Crippen molar-refractivity contribution in [3.05, 3.63) is 58.3 Å².